The van der Waals surface area contributed by atoms with Crippen LogP contribution in [0.1, 0.15) is 19.8 Å². The SMILES string of the molecule is C[C@H]1CCN(C(=O)CCOCCOCCOCCOCCN2C(=O)C=CC2=O)C1. The molecule has 2 rings (SSSR count). The van der Waals surface area contributed by atoms with Crippen LogP contribution in [-0.2, 0) is 33.3 Å². The molecule has 0 saturated carbocycles. The zero-order valence-corrected chi connectivity index (χ0v) is 17.2. The largest absolute Gasteiger partial charge is 0.379 e. The highest BCUT2D eigenvalue weighted by atomic mass is 16.6. The number of imide groups is 1. The van der Waals surface area contributed by atoms with E-state index in [-0.39, 0.29) is 30.9 Å². The van der Waals surface area contributed by atoms with Crippen LogP contribution in [0.25, 0.3) is 0 Å². The van der Waals surface area contributed by atoms with Gasteiger partial charge in [0.05, 0.1) is 65.8 Å². The van der Waals surface area contributed by atoms with Crippen molar-refractivity contribution in [1.29, 1.82) is 0 Å². The molecular weight excluding hydrogens is 380 g/mol. The van der Waals surface area contributed by atoms with Crippen LogP contribution in [0.15, 0.2) is 12.2 Å². The second-order valence-electron chi connectivity index (χ2n) is 7.09. The van der Waals surface area contributed by atoms with E-state index in [4.69, 9.17) is 18.9 Å². The minimum absolute atomic E-state index is 0.168. The van der Waals surface area contributed by atoms with Crippen LogP contribution in [0.3, 0.4) is 0 Å². The molecular formula is C20H32N2O7. The normalized spacial score (nSPS) is 19.0. The standard InChI is InChI=1S/C20H32N2O7/c1-17-4-6-21(16-17)18(23)5-8-26-10-12-28-14-15-29-13-11-27-9-7-22-19(24)2-3-20(22)25/h2-3,17H,4-16H2,1H3/t17-/m0/s1. The zero-order valence-electron chi connectivity index (χ0n) is 17.2. The van der Waals surface area contributed by atoms with Gasteiger partial charge in [0.25, 0.3) is 11.8 Å². The van der Waals surface area contributed by atoms with Gasteiger partial charge in [0.1, 0.15) is 0 Å². The summed E-state index contributed by atoms with van der Waals surface area (Å²) in [6, 6.07) is 0. The number of hydrogen-bond acceptors (Lipinski definition) is 7. The van der Waals surface area contributed by atoms with E-state index in [1.54, 1.807) is 0 Å². The summed E-state index contributed by atoms with van der Waals surface area (Å²) in [4.78, 5) is 37.6. The van der Waals surface area contributed by atoms with E-state index < -0.39 is 0 Å². The lowest BCUT2D eigenvalue weighted by atomic mass is 10.2. The molecule has 0 radical (unpaired) electrons. The second-order valence-corrected chi connectivity index (χ2v) is 7.09. The minimum atomic E-state index is -0.302. The summed E-state index contributed by atoms with van der Waals surface area (Å²) >= 11 is 0. The number of nitrogens with zero attached hydrogens (tertiary/aromatic N) is 2. The average Bonchev–Trinajstić information content (AvgIpc) is 3.28. The summed E-state index contributed by atoms with van der Waals surface area (Å²) in [5.74, 6) is 0.166. The van der Waals surface area contributed by atoms with E-state index in [2.05, 4.69) is 6.92 Å². The van der Waals surface area contributed by atoms with Gasteiger partial charge in [-0.05, 0) is 12.3 Å². The van der Waals surface area contributed by atoms with E-state index in [9.17, 15) is 14.4 Å². The summed E-state index contributed by atoms with van der Waals surface area (Å²) in [6.45, 7) is 7.46. The summed E-state index contributed by atoms with van der Waals surface area (Å²) in [7, 11) is 0. The molecule has 2 aliphatic heterocycles. The fourth-order valence-corrected chi connectivity index (χ4v) is 3.05. The highest BCUT2D eigenvalue weighted by Gasteiger charge is 2.23. The molecule has 9 nitrogen and oxygen atoms in total. The molecule has 2 aliphatic rings. The van der Waals surface area contributed by atoms with Crippen molar-refractivity contribution >= 4 is 17.7 Å². The van der Waals surface area contributed by atoms with E-state index in [1.165, 1.54) is 12.2 Å². The molecule has 0 unspecified atom stereocenters. The number of rotatable bonds is 15. The highest BCUT2D eigenvalue weighted by Crippen LogP contribution is 2.15. The highest BCUT2D eigenvalue weighted by molar-refractivity contribution is 6.12. The van der Waals surface area contributed by atoms with Crippen LogP contribution >= 0.6 is 0 Å². The quantitative estimate of drug-likeness (QED) is 0.281. The van der Waals surface area contributed by atoms with Crippen molar-refractivity contribution in [3.05, 3.63) is 12.2 Å². The Labute approximate surface area is 171 Å². The van der Waals surface area contributed by atoms with Crippen LogP contribution in [-0.4, -0.2) is 100 Å². The van der Waals surface area contributed by atoms with Gasteiger partial charge in [-0.2, -0.15) is 0 Å². The maximum atomic E-state index is 11.9. The van der Waals surface area contributed by atoms with Crippen molar-refractivity contribution in [1.82, 2.24) is 9.80 Å². The Bertz CT molecular complexity index is 549. The second kappa shape index (κ2) is 13.4. The van der Waals surface area contributed by atoms with Crippen molar-refractivity contribution in [2.45, 2.75) is 19.8 Å². The number of amides is 3. The minimum Gasteiger partial charge on any atom is -0.379 e. The molecule has 3 amide bonds. The lowest BCUT2D eigenvalue weighted by molar-refractivity contribution is -0.137. The third kappa shape index (κ3) is 9.03. The Hall–Kier alpha value is -1.81. The first-order valence-electron chi connectivity index (χ1n) is 10.2. The number of ether oxygens (including phenoxy) is 4. The molecule has 29 heavy (non-hydrogen) atoms. The average molecular weight is 412 g/mol. The Kier molecular flexibility index (Phi) is 10.9. The third-order valence-corrected chi connectivity index (χ3v) is 4.71. The first-order chi connectivity index (χ1) is 14.1. The van der Waals surface area contributed by atoms with Crippen LogP contribution in [0, 0.1) is 5.92 Å². The maximum absolute atomic E-state index is 11.9. The smallest absolute Gasteiger partial charge is 0.253 e. The molecule has 2 heterocycles. The third-order valence-electron chi connectivity index (χ3n) is 4.71. The van der Waals surface area contributed by atoms with Crippen molar-refractivity contribution in [3.8, 4) is 0 Å². The van der Waals surface area contributed by atoms with Crippen molar-refractivity contribution in [2.24, 2.45) is 5.92 Å². The lowest BCUT2D eigenvalue weighted by Gasteiger charge is -2.15. The van der Waals surface area contributed by atoms with Gasteiger partial charge in [-0.1, -0.05) is 6.92 Å². The molecule has 0 spiro atoms. The summed E-state index contributed by atoms with van der Waals surface area (Å²) < 4.78 is 21.5. The number of likely N-dealkylation sites (tertiary alicyclic amines) is 1. The fourth-order valence-electron chi connectivity index (χ4n) is 3.05. The molecule has 0 bridgehead atoms. The van der Waals surface area contributed by atoms with Gasteiger partial charge in [-0.3, -0.25) is 19.3 Å². The van der Waals surface area contributed by atoms with E-state index in [0.29, 0.717) is 58.6 Å². The topological polar surface area (TPSA) is 94.6 Å². The Morgan fingerprint density at radius 1 is 0.897 bits per heavy atom. The van der Waals surface area contributed by atoms with Gasteiger partial charge in [0, 0.05) is 25.2 Å². The first kappa shape index (κ1) is 23.5. The Morgan fingerprint density at radius 2 is 1.41 bits per heavy atom. The van der Waals surface area contributed by atoms with Gasteiger partial charge in [0.15, 0.2) is 0 Å². The van der Waals surface area contributed by atoms with Crippen molar-refractivity contribution < 1.29 is 33.3 Å². The zero-order chi connectivity index (χ0) is 20.9. The van der Waals surface area contributed by atoms with Gasteiger partial charge < -0.3 is 23.8 Å². The van der Waals surface area contributed by atoms with Crippen molar-refractivity contribution in [3.63, 3.8) is 0 Å². The number of carbonyl (C=O) groups is 3. The molecule has 9 heteroatoms. The predicted molar refractivity (Wildman–Crippen MR) is 104 cm³/mol. The van der Waals surface area contributed by atoms with Gasteiger partial charge in [-0.25, -0.2) is 0 Å². The van der Waals surface area contributed by atoms with Gasteiger partial charge in [0.2, 0.25) is 5.91 Å². The van der Waals surface area contributed by atoms with E-state index >= 15 is 0 Å². The van der Waals surface area contributed by atoms with Crippen LogP contribution in [0.2, 0.25) is 0 Å². The predicted octanol–water partition coefficient (Wildman–Crippen LogP) is 0.236. The Morgan fingerprint density at radius 3 is 1.93 bits per heavy atom. The fraction of sp³-hybridized carbons (Fsp3) is 0.750. The summed E-state index contributed by atoms with van der Waals surface area (Å²) in [6.07, 6.45) is 4.02. The lowest BCUT2D eigenvalue weighted by Crippen LogP contribution is -2.33. The van der Waals surface area contributed by atoms with Crippen LogP contribution in [0.4, 0.5) is 0 Å². The molecule has 0 aromatic heterocycles. The molecule has 1 saturated heterocycles. The molecule has 1 atom stereocenters. The summed E-state index contributed by atoms with van der Waals surface area (Å²) in [5.41, 5.74) is 0. The maximum Gasteiger partial charge on any atom is 0.253 e. The van der Waals surface area contributed by atoms with Crippen molar-refractivity contribution in [2.75, 3.05) is 72.5 Å². The molecule has 0 aromatic carbocycles. The molecule has 164 valence electrons. The molecule has 1 fully saturated rings. The summed E-state index contributed by atoms with van der Waals surface area (Å²) in [5, 5.41) is 0. The number of hydrogen-bond donors (Lipinski definition) is 0. The number of carbonyl (C=O) groups excluding carboxylic acids is 3. The van der Waals surface area contributed by atoms with Gasteiger partial charge in [-0.15, -0.1) is 0 Å². The monoisotopic (exact) mass is 412 g/mol. The van der Waals surface area contributed by atoms with Gasteiger partial charge >= 0.3 is 0 Å². The molecule has 0 aromatic rings. The Balaban J connectivity index is 1.29. The first-order valence-corrected chi connectivity index (χ1v) is 10.2. The van der Waals surface area contributed by atoms with E-state index in [0.717, 1.165) is 24.4 Å². The molecule has 0 N–H and O–H groups in total. The van der Waals surface area contributed by atoms with E-state index in [1.807, 2.05) is 4.90 Å². The van der Waals surface area contributed by atoms with Crippen LogP contribution < -0.4 is 0 Å². The van der Waals surface area contributed by atoms with Crippen LogP contribution in [0.5, 0.6) is 0 Å². The molecule has 0 aliphatic carbocycles.